The van der Waals surface area contributed by atoms with Gasteiger partial charge in [0, 0.05) is 11.0 Å². The summed E-state index contributed by atoms with van der Waals surface area (Å²) in [4.78, 5) is 12.8. The first-order valence-electron chi connectivity index (χ1n) is 6.04. The highest BCUT2D eigenvalue weighted by molar-refractivity contribution is 9.11. The summed E-state index contributed by atoms with van der Waals surface area (Å²) in [7, 11) is 0. The van der Waals surface area contributed by atoms with Crippen molar-refractivity contribution in [2.45, 2.75) is 13.0 Å². The van der Waals surface area contributed by atoms with Gasteiger partial charge in [-0.15, -0.1) is 11.3 Å². The van der Waals surface area contributed by atoms with Crippen LogP contribution in [0.25, 0.3) is 6.08 Å². The summed E-state index contributed by atoms with van der Waals surface area (Å²) in [5.41, 5.74) is 0.868. The number of carbonyl (C=O) groups excluding carboxylic acids is 1. The molecule has 0 fully saturated rings. The lowest BCUT2D eigenvalue weighted by Crippen LogP contribution is -2.24. The van der Waals surface area contributed by atoms with Crippen LogP contribution in [0.4, 0.5) is 4.39 Å². The van der Waals surface area contributed by atoms with Crippen molar-refractivity contribution < 1.29 is 9.18 Å². The predicted octanol–water partition coefficient (Wildman–Crippen LogP) is 4.54. The summed E-state index contributed by atoms with van der Waals surface area (Å²) < 4.78 is 13.8. The van der Waals surface area contributed by atoms with Gasteiger partial charge in [-0.3, -0.25) is 4.79 Å². The van der Waals surface area contributed by atoms with E-state index in [0.29, 0.717) is 0 Å². The molecule has 2 aromatic rings. The Kier molecular flexibility index (Phi) is 5.09. The number of rotatable bonds is 4. The van der Waals surface area contributed by atoms with E-state index in [1.165, 1.54) is 18.2 Å². The van der Waals surface area contributed by atoms with Gasteiger partial charge in [0.1, 0.15) is 5.82 Å². The van der Waals surface area contributed by atoms with Crippen LogP contribution in [-0.2, 0) is 4.79 Å². The van der Waals surface area contributed by atoms with Gasteiger partial charge in [0.25, 0.3) is 0 Å². The van der Waals surface area contributed by atoms with E-state index in [4.69, 9.17) is 0 Å². The molecule has 2 nitrogen and oxygen atoms in total. The lowest BCUT2D eigenvalue weighted by atomic mass is 10.1. The van der Waals surface area contributed by atoms with Gasteiger partial charge in [-0.25, -0.2) is 4.39 Å². The maximum Gasteiger partial charge on any atom is 0.244 e. The molecule has 0 radical (unpaired) electrons. The average Bonchev–Trinajstić information content (AvgIpc) is 2.83. The largest absolute Gasteiger partial charge is 0.346 e. The van der Waals surface area contributed by atoms with Crippen molar-refractivity contribution >= 4 is 39.2 Å². The molecule has 1 aromatic carbocycles. The molecule has 20 heavy (non-hydrogen) atoms. The first-order valence-corrected chi connectivity index (χ1v) is 7.65. The minimum absolute atomic E-state index is 0.164. The minimum Gasteiger partial charge on any atom is -0.346 e. The van der Waals surface area contributed by atoms with Gasteiger partial charge in [-0.05, 0) is 58.8 Å². The fraction of sp³-hybridized carbons (Fsp3) is 0.133. The van der Waals surface area contributed by atoms with Crippen molar-refractivity contribution in [2.24, 2.45) is 0 Å². The molecule has 1 amide bonds. The van der Waals surface area contributed by atoms with Gasteiger partial charge in [0.05, 0.1) is 9.83 Å². The van der Waals surface area contributed by atoms with Crippen molar-refractivity contribution in [3.63, 3.8) is 0 Å². The Bertz CT molecular complexity index is 621. The van der Waals surface area contributed by atoms with Gasteiger partial charge in [0.2, 0.25) is 5.91 Å². The molecule has 0 spiro atoms. The lowest BCUT2D eigenvalue weighted by Gasteiger charge is -2.12. The van der Waals surface area contributed by atoms with Gasteiger partial charge < -0.3 is 5.32 Å². The third-order valence-electron chi connectivity index (χ3n) is 2.72. The Morgan fingerprint density at radius 3 is 2.60 bits per heavy atom. The molecule has 5 heteroatoms. The Labute approximate surface area is 129 Å². The second-order valence-corrected chi connectivity index (χ2v) is 6.75. The molecule has 2 rings (SSSR count). The van der Waals surface area contributed by atoms with E-state index in [0.717, 1.165) is 14.2 Å². The summed E-state index contributed by atoms with van der Waals surface area (Å²) in [5.74, 6) is -0.457. The highest BCUT2D eigenvalue weighted by atomic mass is 79.9. The maximum atomic E-state index is 12.8. The normalized spacial score (nSPS) is 12.6. The van der Waals surface area contributed by atoms with Crippen molar-refractivity contribution in [3.8, 4) is 0 Å². The molecule has 0 saturated carbocycles. The van der Waals surface area contributed by atoms with Crippen LogP contribution in [0.2, 0.25) is 0 Å². The van der Waals surface area contributed by atoms with Crippen LogP contribution in [0.5, 0.6) is 0 Å². The summed E-state index contributed by atoms with van der Waals surface area (Å²) in [5, 5.41) is 2.84. The molecule has 0 unspecified atom stereocenters. The molecule has 1 atom stereocenters. The summed E-state index contributed by atoms with van der Waals surface area (Å²) in [6.07, 6.45) is 3.26. The monoisotopic (exact) mass is 353 g/mol. The van der Waals surface area contributed by atoms with E-state index >= 15 is 0 Å². The smallest absolute Gasteiger partial charge is 0.244 e. The van der Waals surface area contributed by atoms with E-state index in [9.17, 15) is 9.18 Å². The van der Waals surface area contributed by atoms with Gasteiger partial charge in [-0.2, -0.15) is 0 Å². The average molecular weight is 354 g/mol. The fourth-order valence-corrected chi connectivity index (χ4v) is 3.00. The molecule has 1 heterocycles. The number of benzene rings is 1. The van der Waals surface area contributed by atoms with Crippen molar-refractivity contribution in [1.82, 2.24) is 5.32 Å². The maximum absolute atomic E-state index is 12.8. The Hall–Kier alpha value is -1.46. The number of hydrogen-bond donors (Lipinski definition) is 1. The van der Waals surface area contributed by atoms with Crippen LogP contribution in [0.3, 0.4) is 0 Å². The van der Waals surface area contributed by atoms with Crippen LogP contribution in [0, 0.1) is 5.82 Å². The van der Waals surface area contributed by atoms with E-state index < -0.39 is 0 Å². The Morgan fingerprint density at radius 2 is 2.00 bits per heavy atom. The van der Waals surface area contributed by atoms with Crippen LogP contribution in [0.1, 0.15) is 23.4 Å². The van der Waals surface area contributed by atoms with Crippen LogP contribution < -0.4 is 5.32 Å². The number of halogens is 2. The fourth-order valence-electron chi connectivity index (χ4n) is 1.67. The van der Waals surface area contributed by atoms with E-state index in [2.05, 4.69) is 21.2 Å². The lowest BCUT2D eigenvalue weighted by molar-refractivity contribution is -0.117. The first-order chi connectivity index (χ1) is 9.54. The van der Waals surface area contributed by atoms with E-state index in [1.54, 1.807) is 29.5 Å². The SMILES string of the molecule is C[C@H](NC(=O)/C=C/c1ccc(Br)s1)c1ccc(F)cc1. The minimum atomic E-state index is -0.282. The Morgan fingerprint density at radius 1 is 1.30 bits per heavy atom. The summed E-state index contributed by atoms with van der Waals surface area (Å²) in [6.45, 7) is 1.86. The molecule has 0 saturated heterocycles. The third kappa shape index (κ3) is 4.28. The second kappa shape index (κ2) is 6.81. The standard InChI is InChI=1S/C15H13BrFNOS/c1-10(11-2-4-12(17)5-3-11)18-15(19)9-7-13-6-8-14(16)20-13/h2-10H,1H3,(H,18,19)/b9-7+/t10-/m0/s1. The number of amides is 1. The molecule has 0 bridgehead atoms. The number of nitrogens with one attached hydrogen (secondary N) is 1. The van der Waals surface area contributed by atoms with E-state index in [1.807, 2.05) is 19.1 Å². The molecule has 0 aliphatic rings. The van der Waals surface area contributed by atoms with Crippen molar-refractivity contribution in [1.29, 1.82) is 0 Å². The number of hydrogen-bond acceptors (Lipinski definition) is 2. The zero-order valence-corrected chi connectivity index (χ0v) is 13.2. The van der Waals surface area contributed by atoms with Crippen LogP contribution in [-0.4, -0.2) is 5.91 Å². The Balaban J connectivity index is 1.94. The molecule has 0 aliphatic carbocycles. The summed E-state index contributed by atoms with van der Waals surface area (Å²) in [6, 6.07) is 9.81. The highest BCUT2D eigenvalue weighted by Gasteiger charge is 2.07. The quantitative estimate of drug-likeness (QED) is 0.803. The predicted molar refractivity (Wildman–Crippen MR) is 84.0 cm³/mol. The second-order valence-electron chi connectivity index (χ2n) is 4.26. The van der Waals surface area contributed by atoms with Crippen LogP contribution >= 0.6 is 27.3 Å². The molecule has 0 aliphatic heterocycles. The topological polar surface area (TPSA) is 29.1 Å². The van der Waals surface area contributed by atoms with E-state index in [-0.39, 0.29) is 17.8 Å². The van der Waals surface area contributed by atoms with Crippen molar-refractivity contribution in [3.05, 3.63) is 62.5 Å². The first kappa shape index (κ1) is 14.9. The molecular formula is C15H13BrFNOS. The highest BCUT2D eigenvalue weighted by Crippen LogP contribution is 2.23. The van der Waals surface area contributed by atoms with Crippen molar-refractivity contribution in [2.75, 3.05) is 0 Å². The molecule has 1 aromatic heterocycles. The van der Waals surface area contributed by atoms with Gasteiger partial charge >= 0.3 is 0 Å². The molecular weight excluding hydrogens is 341 g/mol. The summed E-state index contributed by atoms with van der Waals surface area (Å²) >= 11 is 4.92. The van der Waals surface area contributed by atoms with Gasteiger partial charge in [-0.1, -0.05) is 12.1 Å². The zero-order valence-electron chi connectivity index (χ0n) is 10.8. The zero-order chi connectivity index (χ0) is 14.5. The molecule has 104 valence electrons. The van der Waals surface area contributed by atoms with Gasteiger partial charge in [0.15, 0.2) is 0 Å². The molecule has 1 N–H and O–H groups in total. The van der Waals surface area contributed by atoms with Crippen LogP contribution in [0.15, 0.2) is 46.3 Å². The number of carbonyl (C=O) groups is 1. The number of thiophene rings is 1. The third-order valence-corrected chi connectivity index (χ3v) is 4.31.